The molecule has 2 heterocycles. The van der Waals surface area contributed by atoms with Crippen molar-refractivity contribution in [3.63, 3.8) is 0 Å². The number of anilines is 1. The first kappa shape index (κ1) is 23.1. The van der Waals surface area contributed by atoms with E-state index in [-0.39, 0.29) is 5.91 Å². The summed E-state index contributed by atoms with van der Waals surface area (Å²) in [5.74, 6) is 0.826. The molecule has 1 aliphatic heterocycles. The van der Waals surface area contributed by atoms with Gasteiger partial charge < -0.3 is 19.2 Å². The first-order valence-electron chi connectivity index (χ1n) is 11.8. The van der Waals surface area contributed by atoms with Gasteiger partial charge in [-0.1, -0.05) is 53.7 Å². The van der Waals surface area contributed by atoms with E-state index in [1.807, 2.05) is 79.7 Å². The Labute approximate surface area is 196 Å². The summed E-state index contributed by atoms with van der Waals surface area (Å²) in [5.41, 5.74) is 3.51. The van der Waals surface area contributed by atoms with Crippen LogP contribution in [0.1, 0.15) is 42.1 Å². The Balaban J connectivity index is 1.73. The van der Waals surface area contributed by atoms with Crippen LogP contribution >= 0.6 is 0 Å². The predicted molar refractivity (Wildman–Crippen MR) is 132 cm³/mol. The van der Waals surface area contributed by atoms with Crippen molar-refractivity contribution in [3.05, 3.63) is 71.8 Å². The lowest BCUT2D eigenvalue weighted by atomic mass is 10.0. The van der Waals surface area contributed by atoms with Crippen molar-refractivity contribution in [1.82, 2.24) is 15.0 Å². The van der Waals surface area contributed by atoms with Crippen LogP contribution in [0.3, 0.4) is 0 Å². The second-order valence-electron chi connectivity index (χ2n) is 9.12. The monoisotopic (exact) mass is 446 g/mol. The molecule has 6 nitrogen and oxygen atoms in total. The summed E-state index contributed by atoms with van der Waals surface area (Å²) >= 11 is 0. The van der Waals surface area contributed by atoms with Gasteiger partial charge in [0.15, 0.2) is 0 Å². The molecule has 0 saturated carbocycles. The van der Waals surface area contributed by atoms with E-state index in [0.29, 0.717) is 24.7 Å². The summed E-state index contributed by atoms with van der Waals surface area (Å²) in [7, 11) is 4.06. The van der Waals surface area contributed by atoms with Gasteiger partial charge in [0.25, 0.3) is 5.91 Å². The summed E-state index contributed by atoms with van der Waals surface area (Å²) in [6, 6.07) is 20.0. The maximum absolute atomic E-state index is 13.5. The van der Waals surface area contributed by atoms with Crippen LogP contribution in [0.2, 0.25) is 0 Å². The normalized spacial score (nSPS) is 16.2. The molecule has 33 heavy (non-hydrogen) atoms. The van der Waals surface area contributed by atoms with Crippen LogP contribution in [-0.4, -0.2) is 60.6 Å². The molecule has 6 heteroatoms. The zero-order chi connectivity index (χ0) is 23.2. The molecule has 1 amide bonds. The summed E-state index contributed by atoms with van der Waals surface area (Å²) in [4.78, 5) is 19.9. The molecule has 0 N–H and O–H groups in total. The number of hydrogen-bond donors (Lipinski definition) is 0. The third kappa shape index (κ3) is 5.45. The zero-order valence-electron chi connectivity index (χ0n) is 19.9. The number of amides is 1. The summed E-state index contributed by atoms with van der Waals surface area (Å²) < 4.78 is 6.00. The Morgan fingerprint density at radius 2 is 1.73 bits per heavy atom. The third-order valence-corrected chi connectivity index (χ3v) is 6.35. The van der Waals surface area contributed by atoms with Gasteiger partial charge in [-0.3, -0.25) is 4.79 Å². The Hall–Kier alpha value is -3.12. The Morgan fingerprint density at radius 1 is 1.03 bits per heavy atom. The molecule has 2 aromatic carbocycles. The number of hydrogen-bond acceptors (Lipinski definition) is 5. The summed E-state index contributed by atoms with van der Waals surface area (Å²) in [6.07, 6.45) is 3.50. The van der Waals surface area contributed by atoms with Crippen LogP contribution in [0.5, 0.6) is 0 Å². The van der Waals surface area contributed by atoms with Gasteiger partial charge in [-0.2, -0.15) is 0 Å². The smallest absolute Gasteiger partial charge is 0.254 e. The average molecular weight is 447 g/mol. The number of carbonyl (C=O) groups is 1. The highest BCUT2D eigenvalue weighted by atomic mass is 16.5. The molecule has 0 unspecified atom stereocenters. The number of aromatic nitrogens is 1. The van der Waals surface area contributed by atoms with E-state index in [4.69, 9.17) is 4.52 Å². The summed E-state index contributed by atoms with van der Waals surface area (Å²) in [5, 5.41) is 4.51. The van der Waals surface area contributed by atoms with Gasteiger partial charge in [0.1, 0.15) is 5.69 Å². The van der Waals surface area contributed by atoms with Crippen molar-refractivity contribution < 1.29 is 9.32 Å². The number of rotatable bonds is 8. The van der Waals surface area contributed by atoms with Crippen LogP contribution in [0.25, 0.3) is 11.3 Å². The van der Waals surface area contributed by atoms with Gasteiger partial charge >= 0.3 is 0 Å². The maximum atomic E-state index is 13.5. The molecule has 0 radical (unpaired) electrons. The van der Waals surface area contributed by atoms with E-state index < -0.39 is 0 Å². The van der Waals surface area contributed by atoms with Crippen LogP contribution in [0.15, 0.2) is 65.2 Å². The minimum Gasteiger partial charge on any atom is -0.338 e. The lowest BCUT2D eigenvalue weighted by molar-refractivity contribution is 0.0732. The number of piperidine rings is 1. The standard InChI is InChI=1S/C27H34N4O2/c1-21-12-10-11-17-31(21)27-24(25(28-33-27)22-13-6-4-7-14-22)20-30(19-18-29(2)3)26(32)23-15-8-5-9-16-23/h4-9,13-16,21H,10-12,17-20H2,1-3H3/t21-/m1/s1. The van der Waals surface area contributed by atoms with E-state index in [9.17, 15) is 4.79 Å². The van der Waals surface area contributed by atoms with Crippen molar-refractivity contribution in [2.24, 2.45) is 0 Å². The molecule has 0 spiro atoms. The molecular formula is C27H34N4O2. The van der Waals surface area contributed by atoms with E-state index in [2.05, 4.69) is 21.9 Å². The fourth-order valence-corrected chi connectivity index (χ4v) is 4.42. The quantitative estimate of drug-likeness (QED) is 0.491. The molecule has 1 fully saturated rings. The molecule has 1 aliphatic rings. The van der Waals surface area contributed by atoms with Crippen LogP contribution in [-0.2, 0) is 6.54 Å². The van der Waals surface area contributed by atoms with E-state index in [0.717, 1.165) is 48.6 Å². The lowest BCUT2D eigenvalue weighted by Gasteiger charge is -2.34. The number of carbonyl (C=O) groups excluding carboxylic acids is 1. The molecule has 1 saturated heterocycles. The Bertz CT molecular complexity index is 1030. The highest BCUT2D eigenvalue weighted by Gasteiger charge is 2.30. The van der Waals surface area contributed by atoms with Gasteiger partial charge in [0.2, 0.25) is 5.88 Å². The van der Waals surface area contributed by atoms with E-state index in [1.54, 1.807) is 0 Å². The molecule has 0 aliphatic carbocycles. The van der Waals surface area contributed by atoms with Gasteiger partial charge in [-0.05, 0) is 52.4 Å². The molecule has 3 aromatic rings. The zero-order valence-corrected chi connectivity index (χ0v) is 19.9. The second kappa shape index (κ2) is 10.7. The molecule has 0 bridgehead atoms. The van der Waals surface area contributed by atoms with Crippen LogP contribution in [0, 0.1) is 0 Å². The predicted octanol–water partition coefficient (Wildman–Crippen LogP) is 4.92. The SMILES string of the molecule is C[C@@H]1CCCCN1c1onc(-c2ccccc2)c1CN(CCN(C)C)C(=O)c1ccccc1. The fraction of sp³-hybridized carbons (Fsp3) is 0.407. The first-order valence-corrected chi connectivity index (χ1v) is 11.8. The third-order valence-electron chi connectivity index (χ3n) is 6.35. The van der Waals surface area contributed by atoms with Gasteiger partial charge in [-0.15, -0.1) is 0 Å². The number of likely N-dealkylation sites (N-methyl/N-ethyl adjacent to an activating group) is 1. The van der Waals surface area contributed by atoms with Crippen LogP contribution in [0.4, 0.5) is 5.88 Å². The van der Waals surface area contributed by atoms with E-state index >= 15 is 0 Å². The summed E-state index contributed by atoms with van der Waals surface area (Å²) in [6.45, 7) is 5.04. The van der Waals surface area contributed by atoms with E-state index in [1.165, 1.54) is 6.42 Å². The van der Waals surface area contributed by atoms with Crippen LogP contribution < -0.4 is 4.90 Å². The Kier molecular flexibility index (Phi) is 7.45. The van der Waals surface area contributed by atoms with Gasteiger partial charge in [0, 0.05) is 36.8 Å². The molecular weight excluding hydrogens is 412 g/mol. The highest BCUT2D eigenvalue weighted by Crippen LogP contribution is 2.35. The minimum atomic E-state index is 0.0234. The molecule has 4 rings (SSSR count). The molecule has 1 atom stereocenters. The lowest BCUT2D eigenvalue weighted by Crippen LogP contribution is -2.39. The van der Waals surface area contributed by atoms with Crippen molar-refractivity contribution in [2.45, 2.75) is 38.8 Å². The van der Waals surface area contributed by atoms with Crippen molar-refractivity contribution in [1.29, 1.82) is 0 Å². The van der Waals surface area contributed by atoms with Gasteiger partial charge in [-0.25, -0.2) is 0 Å². The number of benzene rings is 2. The Morgan fingerprint density at radius 3 is 2.39 bits per heavy atom. The van der Waals surface area contributed by atoms with Crippen molar-refractivity contribution >= 4 is 11.8 Å². The molecule has 174 valence electrons. The topological polar surface area (TPSA) is 52.8 Å². The minimum absolute atomic E-state index is 0.0234. The molecule has 1 aromatic heterocycles. The number of nitrogens with zero attached hydrogens (tertiary/aromatic N) is 4. The second-order valence-corrected chi connectivity index (χ2v) is 9.12. The maximum Gasteiger partial charge on any atom is 0.254 e. The fourth-order valence-electron chi connectivity index (χ4n) is 4.42. The first-order chi connectivity index (χ1) is 16.0. The van der Waals surface area contributed by atoms with Crippen molar-refractivity contribution in [2.75, 3.05) is 38.6 Å². The average Bonchev–Trinajstić information content (AvgIpc) is 3.25. The largest absolute Gasteiger partial charge is 0.338 e. The van der Waals surface area contributed by atoms with Gasteiger partial charge in [0.05, 0.1) is 12.1 Å². The van der Waals surface area contributed by atoms with Crippen molar-refractivity contribution in [3.8, 4) is 11.3 Å². The highest BCUT2D eigenvalue weighted by molar-refractivity contribution is 5.94.